The van der Waals surface area contributed by atoms with Gasteiger partial charge in [-0.2, -0.15) is 0 Å². The maximum absolute atomic E-state index is 13.7. The molecular formula is C18H18F2N2O4. The van der Waals surface area contributed by atoms with E-state index >= 15 is 0 Å². The van der Waals surface area contributed by atoms with E-state index in [-0.39, 0.29) is 19.0 Å². The number of ether oxygens (including phenoxy) is 3. The quantitative estimate of drug-likeness (QED) is 0.787. The van der Waals surface area contributed by atoms with E-state index < -0.39 is 23.6 Å². The van der Waals surface area contributed by atoms with Crippen molar-refractivity contribution in [1.82, 2.24) is 5.32 Å². The van der Waals surface area contributed by atoms with Gasteiger partial charge in [-0.15, -0.1) is 0 Å². The van der Waals surface area contributed by atoms with Gasteiger partial charge in [-0.1, -0.05) is 6.07 Å². The number of hydrogen-bond acceptors (Lipinski definition) is 5. The predicted octanol–water partition coefficient (Wildman–Crippen LogP) is 2.24. The smallest absolute Gasteiger partial charge is 0.234 e. The second-order valence-corrected chi connectivity index (χ2v) is 5.82. The van der Waals surface area contributed by atoms with Crippen LogP contribution in [0.4, 0.5) is 8.78 Å². The number of hydrogen-bond donors (Lipinski definition) is 2. The lowest BCUT2D eigenvalue weighted by Gasteiger charge is -2.14. The standard InChI is InChI=1S/C18H18F2N2O4/c1-10(18(21)23)22-7-11-2-5-15(17-16(11)25-9-26-17)24-8-12-6-13(19)3-4-14(12)20/h2-6,10,22H,7-9H2,1H3,(H2,21,23). The fourth-order valence-corrected chi connectivity index (χ4v) is 2.45. The molecule has 1 amide bonds. The minimum Gasteiger partial charge on any atom is -0.485 e. The van der Waals surface area contributed by atoms with Gasteiger partial charge in [-0.05, 0) is 31.2 Å². The van der Waals surface area contributed by atoms with Crippen LogP contribution in [0.25, 0.3) is 0 Å². The van der Waals surface area contributed by atoms with E-state index in [1.807, 2.05) is 0 Å². The van der Waals surface area contributed by atoms with Crippen LogP contribution in [0, 0.1) is 11.6 Å². The lowest BCUT2D eigenvalue weighted by Crippen LogP contribution is -2.38. The molecule has 138 valence electrons. The molecule has 0 radical (unpaired) electrons. The summed E-state index contributed by atoms with van der Waals surface area (Å²) in [4.78, 5) is 11.1. The van der Waals surface area contributed by atoms with Crippen molar-refractivity contribution in [1.29, 1.82) is 0 Å². The first-order valence-corrected chi connectivity index (χ1v) is 7.96. The lowest BCUT2D eigenvalue weighted by atomic mass is 10.1. The minimum absolute atomic E-state index is 0.0163. The van der Waals surface area contributed by atoms with Gasteiger partial charge in [0.15, 0.2) is 11.5 Å². The van der Waals surface area contributed by atoms with Crippen LogP contribution in [-0.2, 0) is 17.9 Å². The molecule has 3 N–H and O–H groups in total. The van der Waals surface area contributed by atoms with Gasteiger partial charge in [0.25, 0.3) is 0 Å². The van der Waals surface area contributed by atoms with Gasteiger partial charge in [0.1, 0.15) is 18.2 Å². The first-order valence-electron chi connectivity index (χ1n) is 7.96. The van der Waals surface area contributed by atoms with Crippen LogP contribution in [0.3, 0.4) is 0 Å². The Hall–Kier alpha value is -2.87. The maximum Gasteiger partial charge on any atom is 0.234 e. The fraction of sp³-hybridized carbons (Fsp3) is 0.278. The van der Waals surface area contributed by atoms with Gasteiger partial charge >= 0.3 is 0 Å². The van der Waals surface area contributed by atoms with Crippen molar-refractivity contribution in [3.63, 3.8) is 0 Å². The van der Waals surface area contributed by atoms with Gasteiger partial charge in [0.2, 0.25) is 18.4 Å². The van der Waals surface area contributed by atoms with Gasteiger partial charge in [0.05, 0.1) is 6.04 Å². The molecule has 0 aromatic heterocycles. The number of rotatable bonds is 7. The Balaban J connectivity index is 1.74. The van der Waals surface area contributed by atoms with Crippen LogP contribution < -0.4 is 25.3 Å². The lowest BCUT2D eigenvalue weighted by molar-refractivity contribution is -0.119. The molecule has 1 atom stereocenters. The normalized spacial score (nSPS) is 13.5. The van der Waals surface area contributed by atoms with Crippen molar-refractivity contribution in [2.75, 3.05) is 6.79 Å². The van der Waals surface area contributed by atoms with Crippen molar-refractivity contribution in [3.8, 4) is 17.2 Å². The molecule has 26 heavy (non-hydrogen) atoms. The predicted molar refractivity (Wildman–Crippen MR) is 88.8 cm³/mol. The average molecular weight is 364 g/mol. The van der Waals surface area contributed by atoms with Crippen molar-refractivity contribution in [2.45, 2.75) is 26.1 Å². The fourth-order valence-electron chi connectivity index (χ4n) is 2.45. The van der Waals surface area contributed by atoms with Crippen LogP contribution in [0.2, 0.25) is 0 Å². The summed E-state index contributed by atoms with van der Waals surface area (Å²) in [5.41, 5.74) is 6.08. The molecule has 0 saturated heterocycles. The molecule has 1 aliphatic rings. The molecule has 0 bridgehead atoms. The molecule has 3 rings (SSSR count). The summed E-state index contributed by atoms with van der Waals surface area (Å²) >= 11 is 0. The Labute approximate surface area is 148 Å². The number of fused-ring (bicyclic) bond motifs is 1. The SMILES string of the molecule is CC(NCc1ccc(OCc2cc(F)ccc2F)c2c1OCO2)C(N)=O. The second kappa shape index (κ2) is 7.57. The molecule has 2 aromatic rings. The van der Waals surface area contributed by atoms with Gasteiger partial charge in [-0.25, -0.2) is 8.78 Å². The first kappa shape index (κ1) is 17.9. The highest BCUT2D eigenvalue weighted by Crippen LogP contribution is 2.43. The number of benzene rings is 2. The van der Waals surface area contributed by atoms with Gasteiger partial charge in [-0.3, -0.25) is 4.79 Å². The Kier molecular flexibility index (Phi) is 5.22. The Morgan fingerprint density at radius 2 is 2.00 bits per heavy atom. The zero-order valence-corrected chi connectivity index (χ0v) is 14.1. The summed E-state index contributed by atoms with van der Waals surface area (Å²) in [6.45, 7) is 1.86. The monoisotopic (exact) mass is 364 g/mol. The molecule has 2 aromatic carbocycles. The molecular weight excluding hydrogens is 346 g/mol. The van der Waals surface area contributed by atoms with Crippen LogP contribution in [0.5, 0.6) is 17.2 Å². The van der Waals surface area contributed by atoms with Crippen molar-refractivity contribution in [3.05, 3.63) is 53.1 Å². The highest BCUT2D eigenvalue weighted by atomic mass is 19.1. The Morgan fingerprint density at radius 1 is 1.23 bits per heavy atom. The van der Waals surface area contributed by atoms with E-state index in [9.17, 15) is 13.6 Å². The molecule has 0 spiro atoms. The molecule has 1 unspecified atom stereocenters. The zero-order chi connectivity index (χ0) is 18.7. The summed E-state index contributed by atoms with van der Waals surface area (Å²) in [7, 11) is 0. The van der Waals surface area contributed by atoms with Crippen molar-refractivity contribution >= 4 is 5.91 Å². The number of amides is 1. The third kappa shape index (κ3) is 3.85. The molecule has 1 aliphatic heterocycles. The summed E-state index contributed by atoms with van der Waals surface area (Å²) < 4.78 is 43.4. The summed E-state index contributed by atoms with van der Waals surface area (Å²) in [5.74, 6) is -0.343. The highest BCUT2D eigenvalue weighted by Gasteiger charge is 2.23. The van der Waals surface area contributed by atoms with Gasteiger partial charge < -0.3 is 25.3 Å². The summed E-state index contributed by atoms with van der Waals surface area (Å²) in [6.07, 6.45) is 0. The third-order valence-electron chi connectivity index (χ3n) is 3.98. The van der Waals surface area contributed by atoms with Gasteiger partial charge in [0, 0.05) is 17.7 Å². The van der Waals surface area contributed by atoms with Crippen LogP contribution in [-0.4, -0.2) is 18.7 Å². The largest absolute Gasteiger partial charge is 0.485 e. The number of carbonyl (C=O) groups is 1. The summed E-state index contributed by atoms with van der Waals surface area (Å²) in [6, 6.07) is 6.06. The van der Waals surface area contributed by atoms with E-state index in [0.29, 0.717) is 23.8 Å². The molecule has 0 saturated carbocycles. The molecule has 8 heteroatoms. The average Bonchev–Trinajstić information content (AvgIpc) is 3.11. The van der Waals surface area contributed by atoms with Crippen molar-refractivity contribution < 1.29 is 27.8 Å². The third-order valence-corrected chi connectivity index (χ3v) is 3.98. The van der Waals surface area contributed by atoms with E-state index in [4.69, 9.17) is 19.9 Å². The van der Waals surface area contributed by atoms with E-state index in [2.05, 4.69) is 5.32 Å². The van der Waals surface area contributed by atoms with Crippen LogP contribution >= 0.6 is 0 Å². The number of carbonyl (C=O) groups excluding carboxylic acids is 1. The zero-order valence-electron chi connectivity index (χ0n) is 14.1. The Bertz CT molecular complexity index is 829. The number of primary amides is 1. The van der Waals surface area contributed by atoms with E-state index in [1.165, 1.54) is 0 Å². The van der Waals surface area contributed by atoms with E-state index in [0.717, 1.165) is 23.8 Å². The maximum atomic E-state index is 13.7. The van der Waals surface area contributed by atoms with Crippen molar-refractivity contribution in [2.24, 2.45) is 5.73 Å². The van der Waals surface area contributed by atoms with Crippen LogP contribution in [0.15, 0.2) is 30.3 Å². The van der Waals surface area contributed by atoms with Crippen LogP contribution in [0.1, 0.15) is 18.1 Å². The number of nitrogens with two attached hydrogens (primary N) is 1. The topological polar surface area (TPSA) is 82.8 Å². The first-order chi connectivity index (χ1) is 12.5. The van der Waals surface area contributed by atoms with E-state index in [1.54, 1.807) is 19.1 Å². The number of nitrogens with one attached hydrogen (secondary N) is 1. The molecule has 0 fully saturated rings. The highest BCUT2D eigenvalue weighted by molar-refractivity contribution is 5.79. The molecule has 0 aliphatic carbocycles. The minimum atomic E-state index is -0.554. The summed E-state index contributed by atoms with van der Waals surface area (Å²) in [5, 5.41) is 2.98. The molecule has 6 nitrogen and oxygen atoms in total. The Morgan fingerprint density at radius 3 is 2.77 bits per heavy atom. The number of halogens is 2. The molecule has 1 heterocycles. The second-order valence-electron chi connectivity index (χ2n) is 5.82.